The van der Waals surface area contributed by atoms with Crippen LogP contribution in [-0.2, 0) is 9.84 Å². The molecule has 2 aromatic carbocycles. The van der Waals surface area contributed by atoms with Crippen molar-refractivity contribution in [3.8, 4) is 0 Å². The van der Waals surface area contributed by atoms with Gasteiger partial charge in [-0.05, 0) is 66.8 Å². The Morgan fingerprint density at radius 2 is 1.84 bits per heavy atom. The van der Waals surface area contributed by atoms with Gasteiger partial charge in [-0.15, -0.1) is 0 Å². The highest BCUT2D eigenvalue weighted by atomic mass is 35.5. The third-order valence-electron chi connectivity index (χ3n) is 5.25. The van der Waals surface area contributed by atoms with Gasteiger partial charge >= 0.3 is 6.03 Å². The predicted octanol–water partition coefficient (Wildman–Crippen LogP) is 5.14. The van der Waals surface area contributed by atoms with Crippen molar-refractivity contribution in [2.24, 2.45) is 10.5 Å². The van der Waals surface area contributed by atoms with E-state index in [2.05, 4.69) is 23.6 Å². The minimum atomic E-state index is -3.29. The number of urea groups is 1. The minimum absolute atomic E-state index is 0.205. The lowest BCUT2D eigenvalue weighted by molar-refractivity contribution is 0.206. The Kier molecular flexibility index (Phi) is 7.34. The number of benzene rings is 2. The van der Waals surface area contributed by atoms with E-state index in [0.717, 1.165) is 36.1 Å². The van der Waals surface area contributed by atoms with Crippen LogP contribution in [-0.4, -0.2) is 50.0 Å². The van der Waals surface area contributed by atoms with Crippen molar-refractivity contribution < 1.29 is 13.2 Å². The van der Waals surface area contributed by atoms with E-state index >= 15 is 0 Å². The number of anilines is 1. The molecule has 1 unspecified atom stereocenters. The van der Waals surface area contributed by atoms with Gasteiger partial charge in [0.15, 0.2) is 9.84 Å². The summed E-state index contributed by atoms with van der Waals surface area (Å²) in [6, 6.07) is 13.3. The first-order chi connectivity index (χ1) is 14.6. The molecule has 1 aliphatic rings. The summed E-state index contributed by atoms with van der Waals surface area (Å²) in [4.78, 5) is 13.1. The van der Waals surface area contributed by atoms with Crippen LogP contribution in [0.3, 0.4) is 0 Å². The lowest BCUT2D eigenvalue weighted by Crippen LogP contribution is -2.35. The largest absolute Gasteiger partial charge is 0.342 e. The van der Waals surface area contributed by atoms with Gasteiger partial charge in [0.25, 0.3) is 0 Å². The van der Waals surface area contributed by atoms with Crippen LogP contribution >= 0.6 is 23.4 Å². The molecule has 6 nitrogen and oxygen atoms in total. The van der Waals surface area contributed by atoms with Crippen molar-refractivity contribution in [3.05, 3.63) is 59.1 Å². The number of sulfone groups is 1. The summed E-state index contributed by atoms with van der Waals surface area (Å²) in [5.41, 5.74) is 2.05. The second-order valence-electron chi connectivity index (χ2n) is 7.90. The maximum Gasteiger partial charge on any atom is 0.342 e. The highest BCUT2D eigenvalue weighted by Gasteiger charge is 2.40. The molecule has 0 aromatic heterocycles. The summed E-state index contributed by atoms with van der Waals surface area (Å²) in [5, 5.41) is 9.58. The van der Waals surface area contributed by atoms with Gasteiger partial charge in [0.1, 0.15) is 0 Å². The van der Waals surface area contributed by atoms with Crippen LogP contribution in [0.1, 0.15) is 25.3 Å². The zero-order valence-corrected chi connectivity index (χ0v) is 20.1. The fourth-order valence-electron chi connectivity index (χ4n) is 3.59. The van der Waals surface area contributed by atoms with E-state index in [1.165, 1.54) is 17.1 Å². The fourth-order valence-corrected chi connectivity index (χ4v) is 4.78. The Morgan fingerprint density at radius 1 is 1.19 bits per heavy atom. The summed E-state index contributed by atoms with van der Waals surface area (Å²) < 4.78 is 23.2. The molecule has 166 valence electrons. The average Bonchev–Trinajstić information content (AvgIpc) is 3.06. The molecule has 0 spiro atoms. The van der Waals surface area contributed by atoms with Crippen LogP contribution < -0.4 is 5.32 Å². The van der Waals surface area contributed by atoms with Crippen molar-refractivity contribution >= 4 is 50.6 Å². The van der Waals surface area contributed by atoms with Gasteiger partial charge in [0.05, 0.1) is 17.2 Å². The van der Waals surface area contributed by atoms with Gasteiger partial charge < -0.3 is 5.32 Å². The maximum atomic E-state index is 12.9. The van der Waals surface area contributed by atoms with E-state index in [0.29, 0.717) is 17.3 Å². The number of thioether (sulfide) groups is 1. The van der Waals surface area contributed by atoms with Crippen molar-refractivity contribution in [2.45, 2.75) is 24.7 Å². The molecule has 0 radical (unpaired) electrons. The van der Waals surface area contributed by atoms with Gasteiger partial charge in [-0.1, -0.05) is 30.7 Å². The number of hydrogen-bond donors (Lipinski definition) is 1. The van der Waals surface area contributed by atoms with Crippen LogP contribution in [0.5, 0.6) is 0 Å². The SMILES string of the molecule is CSCCCC1(C)CN(C(=O)Nc2ccc(S(C)(=O)=O)cc2)N=C1c1ccc(Cl)cc1. The van der Waals surface area contributed by atoms with Gasteiger partial charge in [-0.25, -0.2) is 18.2 Å². The molecule has 1 heterocycles. The minimum Gasteiger partial charge on any atom is -0.306 e. The van der Waals surface area contributed by atoms with Crippen molar-refractivity contribution in [3.63, 3.8) is 0 Å². The first kappa shape index (κ1) is 23.6. The molecular weight excluding hydrogens is 454 g/mol. The molecule has 0 fully saturated rings. The highest BCUT2D eigenvalue weighted by molar-refractivity contribution is 7.98. The Bertz CT molecular complexity index is 1070. The third kappa shape index (κ3) is 5.81. The topological polar surface area (TPSA) is 78.8 Å². The molecule has 0 saturated heterocycles. The molecule has 2 amide bonds. The number of hydrogen-bond acceptors (Lipinski definition) is 5. The molecule has 1 aliphatic heterocycles. The Hall–Kier alpha value is -2.03. The molecule has 1 N–H and O–H groups in total. The van der Waals surface area contributed by atoms with E-state index in [-0.39, 0.29) is 16.3 Å². The molecule has 9 heteroatoms. The smallest absolute Gasteiger partial charge is 0.306 e. The van der Waals surface area contributed by atoms with Crippen LogP contribution in [0.25, 0.3) is 0 Å². The van der Waals surface area contributed by atoms with Crippen molar-refractivity contribution in [2.75, 3.05) is 30.1 Å². The lowest BCUT2D eigenvalue weighted by Gasteiger charge is -2.26. The number of nitrogens with zero attached hydrogens (tertiary/aromatic N) is 2. The maximum absolute atomic E-state index is 12.9. The Labute approximate surface area is 193 Å². The first-order valence-corrected chi connectivity index (χ1v) is 13.5. The van der Waals surface area contributed by atoms with E-state index in [4.69, 9.17) is 11.6 Å². The van der Waals surface area contributed by atoms with Crippen molar-refractivity contribution in [1.82, 2.24) is 5.01 Å². The Balaban J connectivity index is 1.81. The lowest BCUT2D eigenvalue weighted by atomic mass is 9.78. The summed E-state index contributed by atoms with van der Waals surface area (Å²) in [5.74, 6) is 1.04. The zero-order chi connectivity index (χ0) is 22.6. The standard InChI is InChI=1S/C22H26ClN3O3S2/c1-22(13-4-14-30-2)15-26(25-20(22)16-5-7-17(23)8-6-16)21(27)24-18-9-11-19(12-10-18)31(3,28)29/h5-12H,4,13-15H2,1-3H3,(H,24,27). The number of amides is 2. The van der Waals surface area contributed by atoms with E-state index < -0.39 is 9.84 Å². The van der Waals surface area contributed by atoms with E-state index in [1.54, 1.807) is 23.9 Å². The average molecular weight is 480 g/mol. The van der Waals surface area contributed by atoms with E-state index in [9.17, 15) is 13.2 Å². The van der Waals surface area contributed by atoms with Gasteiger partial charge in [-0.3, -0.25) is 0 Å². The quantitative estimate of drug-likeness (QED) is 0.557. The number of carbonyl (C=O) groups is 1. The summed E-state index contributed by atoms with van der Waals surface area (Å²) in [7, 11) is -3.29. The van der Waals surface area contributed by atoms with Crippen LogP contribution in [0, 0.1) is 5.41 Å². The van der Waals surface area contributed by atoms with Crippen LogP contribution in [0.15, 0.2) is 58.5 Å². The summed E-state index contributed by atoms with van der Waals surface area (Å²) >= 11 is 7.85. The molecule has 3 rings (SSSR count). The highest BCUT2D eigenvalue weighted by Crippen LogP contribution is 2.36. The molecule has 0 saturated carbocycles. The normalized spacial score (nSPS) is 18.7. The fraction of sp³-hybridized carbons (Fsp3) is 0.364. The molecule has 2 aromatic rings. The number of nitrogens with one attached hydrogen (secondary N) is 1. The number of rotatable bonds is 7. The number of hydrazone groups is 1. The second-order valence-corrected chi connectivity index (χ2v) is 11.3. The van der Waals surface area contributed by atoms with Gasteiger partial charge in [0.2, 0.25) is 0 Å². The first-order valence-electron chi connectivity index (χ1n) is 9.85. The molecule has 31 heavy (non-hydrogen) atoms. The van der Waals surface area contributed by atoms with Crippen LogP contribution in [0.4, 0.5) is 10.5 Å². The summed E-state index contributed by atoms with van der Waals surface area (Å²) in [6.45, 7) is 2.60. The predicted molar refractivity (Wildman–Crippen MR) is 129 cm³/mol. The second kappa shape index (κ2) is 9.63. The van der Waals surface area contributed by atoms with Gasteiger partial charge in [0, 0.05) is 22.4 Å². The monoisotopic (exact) mass is 479 g/mol. The van der Waals surface area contributed by atoms with Gasteiger partial charge in [-0.2, -0.15) is 16.9 Å². The number of halogens is 1. The zero-order valence-electron chi connectivity index (χ0n) is 17.8. The molecule has 0 aliphatic carbocycles. The molecule has 1 atom stereocenters. The molecule has 0 bridgehead atoms. The van der Waals surface area contributed by atoms with Crippen LogP contribution in [0.2, 0.25) is 5.02 Å². The third-order valence-corrected chi connectivity index (χ3v) is 7.33. The van der Waals surface area contributed by atoms with Crippen molar-refractivity contribution in [1.29, 1.82) is 0 Å². The van der Waals surface area contributed by atoms with E-state index in [1.807, 2.05) is 24.3 Å². The summed E-state index contributed by atoms with van der Waals surface area (Å²) in [6.07, 6.45) is 5.16. The molecular formula is C22H26ClN3O3S2. The Morgan fingerprint density at radius 3 is 2.42 bits per heavy atom. The number of carbonyl (C=O) groups excluding carboxylic acids is 1.